The third kappa shape index (κ3) is 7.18. The first-order chi connectivity index (χ1) is 4.18. The second-order valence-corrected chi connectivity index (χ2v) is 2.07. The first-order valence-electron chi connectivity index (χ1n) is 3.15. The molecule has 3 nitrogen and oxygen atoms in total. The summed E-state index contributed by atoms with van der Waals surface area (Å²) in [5.41, 5.74) is 5.14. The van der Waals surface area contributed by atoms with Gasteiger partial charge < -0.3 is 15.6 Å². The molecule has 0 fully saturated rings. The van der Waals surface area contributed by atoms with Crippen molar-refractivity contribution in [1.82, 2.24) is 0 Å². The Bertz CT molecular complexity index is 97.7. The van der Waals surface area contributed by atoms with Crippen molar-refractivity contribution in [3.8, 4) is 0 Å². The molecule has 0 spiro atoms. The number of nitrogens with two attached hydrogens (primary N) is 1. The van der Waals surface area contributed by atoms with Crippen LogP contribution in [0.3, 0.4) is 0 Å². The van der Waals surface area contributed by atoms with Crippen LogP contribution in [-0.4, -0.2) is 12.0 Å². The van der Waals surface area contributed by atoms with Crippen LogP contribution in [0.2, 0.25) is 0 Å². The maximum atomic E-state index is 9.97. The summed E-state index contributed by atoms with van der Waals surface area (Å²) in [6.45, 7) is 1.99. The molecular formula is C6H12KNO2. The van der Waals surface area contributed by atoms with E-state index in [1.165, 1.54) is 0 Å². The Balaban J connectivity index is 0. The molecule has 0 bridgehead atoms. The average Bonchev–Trinajstić information content (AvgIpc) is 1.82. The molecule has 10 heavy (non-hydrogen) atoms. The summed E-state index contributed by atoms with van der Waals surface area (Å²) in [6.07, 6.45) is 2.36. The van der Waals surface area contributed by atoms with Crippen LogP contribution >= 0.6 is 0 Å². The van der Waals surface area contributed by atoms with E-state index in [9.17, 15) is 9.90 Å². The second-order valence-electron chi connectivity index (χ2n) is 2.07. The van der Waals surface area contributed by atoms with E-state index in [-0.39, 0.29) is 51.4 Å². The van der Waals surface area contributed by atoms with Crippen LogP contribution in [0.5, 0.6) is 0 Å². The van der Waals surface area contributed by atoms with Crippen LogP contribution in [0.1, 0.15) is 26.2 Å². The molecular weight excluding hydrogens is 157 g/mol. The standard InChI is InChI=1S/C6H13NO2.K/c1-2-3-4-5(7)6(8)9;/h5H,2-4,7H2,1H3,(H,8,9);/q;+1/p-1. The van der Waals surface area contributed by atoms with Gasteiger partial charge >= 0.3 is 51.4 Å². The Kier molecular flexibility index (Phi) is 11.1. The van der Waals surface area contributed by atoms with Crippen LogP contribution in [-0.2, 0) is 4.79 Å². The zero-order chi connectivity index (χ0) is 7.28. The van der Waals surface area contributed by atoms with E-state index >= 15 is 0 Å². The fourth-order valence-corrected chi connectivity index (χ4v) is 0.542. The molecule has 2 N–H and O–H groups in total. The summed E-state index contributed by atoms with van der Waals surface area (Å²) < 4.78 is 0. The van der Waals surface area contributed by atoms with Crippen molar-refractivity contribution in [2.24, 2.45) is 5.73 Å². The predicted molar refractivity (Wildman–Crippen MR) is 32.5 cm³/mol. The predicted octanol–water partition coefficient (Wildman–Crippen LogP) is -3.74. The molecule has 0 heterocycles. The maximum Gasteiger partial charge on any atom is 1.00 e. The zero-order valence-corrected chi connectivity index (χ0v) is 9.72. The molecule has 0 saturated carbocycles. The van der Waals surface area contributed by atoms with Crippen molar-refractivity contribution in [2.45, 2.75) is 32.2 Å². The summed E-state index contributed by atoms with van der Waals surface area (Å²) in [6, 6.07) is -0.773. The van der Waals surface area contributed by atoms with Gasteiger partial charge in [0.05, 0.1) is 5.97 Å². The van der Waals surface area contributed by atoms with Gasteiger partial charge in [0.25, 0.3) is 0 Å². The Morgan fingerprint density at radius 3 is 2.50 bits per heavy atom. The molecule has 0 rings (SSSR count). The van der Waals surface area contributed by atoms with E-state index in [2.05, 4.69) is 0 Å². The average molecular weight is 169 g/mol. The Morgan fingerprint density at radius 1 is 1.70 bits per heavy atom. The van der Waals surface area contributed by atoms with Crippen molar-refractivity contribution in [3.63, 3.8) is 0 Å². The van der Waals surface area contributed by atoms with Crippen LogP contribution in [0, 0.1) is 0 Å². The molecule has 0 aliphatic rings. The number of hydrogen-bond donors (Lipinski definition) is 1. The van der Waals surface area contributed by atoms with Crippen LogP contribution in [0.4, 0.5) is 0 Å². The molecule has 0 aromatic carbocycles. The van der Waals surface area contributed by atoms with Gasteiger partial charge in [0.1, 0.15) is 0 Å². The summed E-state index contributed by atoms with van der Waals surface area (Å²) >= 11 is 0. The van der Waals surface area contributed by atoms with E-state index in [0.717, 1.165) is 12.8 Å². The molecule has 0 amide bonds. The fourth-order valence-electron chi connectivity index (χ4n) is 0.542. The number of aliphatic carboxylic acids is 1. The van der Waals surface area contributed by atoms with Gasteiger partial charge in [-0.2, -0.15) is 0 Å². The van der Waals surface area contributed by atoms with Crippen LogP contribution < -0.4 is 62.2 Å². The Hall–Kier alpha value is 1.07. The van der Waals surface area contributed by atoms with E-state index in [4.69, 9.17) is 5.73 Å². The molecule has 0 radical (unpaired) electrons. The molecule has 0 aliphatic heterocycles. The SMILES string of the molecule is CCCCC(N)C(=O)[O-].[K+]. The smallest absolute Gasteiger partial charge is 0.548 e. The minimum Gasteiger partial charge on any atom is -0.548 e. The monoisotopic (exact) mass is 169 g/mol. The Labute approximate surface area is 104 Å². The van der Waals surface area contributed by atoms with Gasteiger partial charge in [0.15, 0.2) is 0 Å². The Morgan fingerprint density at radius 2 is 2.20 bits per heavy atom. The van der Waals surface area contributed by atoms with Gasteiger partial charge in [-0.1, -0.05) is 19.8 Å². The second kappa shape index (κ2) is 8.17. The molecule has 54 valence electrons. The van der Waals surface area contributed by atoms with Gasteiger partial charge in [-0.05, 0) is 6.42 Å². The van der Waals surface area contributed by atoms with Gasteiger partial charge in [-0.3, -0.25) is 0 Å². The van der Waals surface area contributed by atoms with Gasteiger partial charge in [-0.25, -0.2) is 0 Å². The van der Waals surface area contributed by atoms with Gasteiger partial charge in [0, 0.05) is 6.04 Å². The van der Waals surface area contributed by atoms with Gasteiger partial charge in [0.2, 0.25) is 0 Å². The first-order valence-corrected chi connectivity index (χ1v) is 3.15. The third-order valence-electron chi connectivity index (χ3n) is 1.17. The van der Waals surface area contributed by atoms with Crippen LogP contribution in [0.25, 0.3) is 0 Å². The molecule has 4 heteroatoms. The van der Waals surface area contributed by atoms with E-state index < -0.39 is 12.0 Å². The summed E-state index contributed by atoms with van der Waals surface area (Å²) in [5, 5.41) is 9.97. The van der Waals surface area contributed by atoms with Gasteiger partial charge in [-0.15, -0.1) is 0 Å². The molecule has 0 saturated heterocycles. The first kappa shape index (κ1) is 13.6. The van der Waals surface area contributed by atoms with Crippen molar-refractivity contribution >= 4 is 5.97 Å². The number of carbonyl (C=O) groups is 1. The fraction of sp³-hybridized carbons (Fsp3) is 0.833. The van der Waals surface area contributed by atoms with E-state index in [0.29, 0.717) is 6.42 Å². The maximum absolute atomic E-state index is 9.97. The van der Waals surface area contributed by atoms with E-state index in [1.54, 1.807) is 0 Å². The number of carboxylic acid groups (broad SMARTS) is 1. The number of rotatable bonds is 4. The minimum atomic E-state index is -1.15. The van der Waals surface area contributed by atoms with Crippen molar-refractivity contribution in [2.75, 3.05) is 0 Å². The number of carboxylic acids is 1. The number of hydrogen-bond acceptors (Lipinski definition) is 3. The molecule has 0 aromatic heterocycles. The summed E-state index contributed by atoms with van der Waals surface area (Å²) in [5.74, 6) is -1.15. The third-order valence-corrected chi connectivity index (χ3v) is 1.17. The van der Waals surface area contributed by atoms with Crippen molar-refractivity contribution < 1.29 is 61.3 Å². The summed E-state index contributed by atoms with van der Waals surface area (Å²) in [7, 11) is 0. The number of unbranched alkanes of at least 4 members (excludes halogenated alkanes) is 1. The summed E-state index contributed by atoms with van der Waals surface area (Å²) in [4.78, 5) is 9.97. The molecule has 1 atom stereocenters. The zero-order valence-electron chi connectivity index (χ0n) is 6.59. The minimum absolute atomic E-state index is 0. The normalized spacial score (nSPS) is 11.8. The topological polar surface area (TPSA) is 66.2 Å². The largest absolute Gasteiger partial charge is 1.00 e. The quantitative estimate of drug-likeness (QED) is 0.440. The molecule has 1 unspecified atom stereocenters. The van der Waals surface area contributed by atoms with Crippen molar-refractivity contribution in [1.29, 1.82) is 0 Å². The van der Waals surface area contributed by atoms with Crippen molar-refractivity contribution in [3.05, 3.63) is 0 Å². The molecule has 0 aromatic rings. The number of carbonyl (C=O) groups excluding carboxylic acids is 1. The van der Waals surface area contributed by atoms with Crippen LogP contribution in [0.15, 0.2) is 0 Å². The van der Waals surface area contributed by atoms with E-state index in [1.807, 2.05) is 6.92 Å². The molecule has 0 aliphatic carbocycles.